The van der Waals surface area contributed by atoms with Crippen LogP contribution in [0.15, 0.2) is 24.3 Å². The maximum Gasteiger partial charge on any atom is 0.159 e. The molecule has 0 spiro atoms. The molecule has 1 N–H and O–H groups in total. The van der Waals surface area contributed by atoms with Crippen molar-refractivity contribution in [2.45, 2.75) is 32.3 Å². The SMILES string of the molecule is Cc1nnc(N2CCC(C)(O)CC2)c2ccccc12. The number of hydrogen-bond acceptors (Lipinski definition) is 4. The van der Waals surface area contributed by atoms with Crippen LogP contribution < -0.4 is 4.90 Å². The van der Waals surface area contributed by atoms with Crippen LogP contribution in [0, 0.1) is 6.92 Å². The largest absolute Gasteiger partial charge is 0.390 e. The summed E-state index contributed by atoms with van der Waals surface area (Å²) >= 11 is 0. The number of fused-ring (bicyclic) bond motifs is 1. The van der Waals surface area contributed by atoms with Crippen molar-refractivity contribution in [3.8, 4) is 0 Å². The van der Waals surface area contributed by atoms with Crippen LogP contribution in [0.5, 0.6) is 0 Å². The highest BCUT2D eigenvalue weighted by Gasteiger charge is 2.28. The van der Waals surface area contributed by atoms with Crippen molar-refractivity contribution in [3.05, 3.63) is 30.0 Å². The number of anilines is 1. The molecule has 4 heteroatoms. The second-order valence-electron chi connectivity index (χ2n) is 5.64. The molecule has 0 saturated carbocycles. The third-order valence-corrected chi connectivity index (χ3v) is 3.99. The number of aromatic nitrogens is 2. The first-order valence-electron chi connectivity index (χ1n) is 6.76. The average Bonchev–Trinajstić information content (AvgIpc) is 2.40. The van der Waals surface area contributed by atoms with Crippen LogP contribution in [-0.4, -0.2) is 34.0 Å². The lowest BCUT2D eigenvalue weighted by Gasteiger charge is -2.36. The van der Waals surface area contributed by atoms with Crippen molar-refractivity contribution < 1.29 is 5.11 Å². The molecule has 0 unspecified atom stereocenters. The van der Waals surface area contributed by atoms with Crippen LogP contribution in [-0.2, 0) is 0 Å². The van der Waals surface area contributed by atoms with Crippen molar-refractivity contribution >= 4 is 16.6 Å². The Balaban J connectivity index is 2.00. The highest BCUT2D eigenvalue weighted by Crippen LogP contribution is 2.30. The minimum absolute atomic E-state index is 0.537. The molecule has 100 valence electrons. The molecular weight excluding hydrogens is 238 g/mol. The molecule has 1 saturated heterocycles. The average molecular weight is 257 g/mol. The van der Waals surface area contributed by atoms with E-state index in [1.54, 1.807) is 0 Å². The van der Waals surface area contributed by atoms with Gasteiger partial charge in [0.15, 0.2) is 5.82 Å². The summed E-state index contributed by atoms with van der Waals surface area (Å²) in [6, 6.07) is 8.25. The van der Waals surface area contributed by atoms with Crippen LogP contribution in [0.1, 0.15) is 25.5 Å². The highest BCUT2D eigenvalue weighted by molar-refractivity contribution is 5.93. The van der Waals surface area contributed by atoms with Crippen molar-refractivity contribution in [2.75, 3.05) is 18.0 Å². The normalized spacial score (nSPS) is 18.8. The number of aryl methyl sites for hydroxylation is 1. The van der Waals surface area contributed by atoms with Crippen molar-refractivity contribution in [1.29, 1.82) is 0 Å². The Hall–Kier alpha value is -1.68. The summed E-state index contributed by atoms with van der Waals surface area (Å²) in [4.78, 5) is 2.23. The van der Waals surface area contributed by atoms with Gasteiger partial charge >= 0.3 is 0 Å². The standard InChI is InChI=1S/C15H19N3O/c1-11-12-5-3-4-6-13(12)14(17-16-11)18-9-7-15(2,19)8-10-18/h3-6,19H,7-10H2,1-2H3. The quantitative estimate of drug-likeness (QED) is 0.851. The second-order valence-corrected chi connectivity index (χ2v) is 5.64. The number of piperidine rings is 1. The van der Waals surface area contributed by atoms with Gasteiger partial charge in [-0.15, -0.1) is 5.10 Å². The Morgan fingerprint density at radius 2 is 1.74 bits per heavy atom. The molecule has 0 amide bonds. The molecule has 1 aliphatic rings. The van der Waals surface area contributed by atoms with Crippen molar-refractivity contribution in [2.24, 2.45) is 0 Å². The summed E-state index contributed by atoms with van der Waals surface area (Å²) in [5.74, 6) is 0.941. The van der Waals surface area contributed by atoms with Gasteiger partial charge in [-0.2, -0.15) is 5.10 Å². The zero-order chi connectivity index (χ0) is 13.5. The summed E-state index contributed by atoms with van der Waals surface area (Å²) in [7, 11) is 0. The Morgan fingerprint density at radius 1 is 1.11 bits per heavy atom. The summed E-state index contributed by atoms with van der Waals surface area (Å²) < 4.78 is 0. The predicted molar refractivity (Wildman–Crippen MR) is 76.3 cm³/mol. The van der Waals surface area contributed by atoms with Crippen LogP contribution in [0.4, 0.5) is 5.82 Å². The monoisotopic (exact) mass is 257 g/mol. The minimum Gasteiger partial charge on any atom is -0.390 e. The fourth-order valence-corrected chi connectivity index (χ4v) is 2.66. The first-order valence-corrected chi connectivity index (χ1v) is 6.76. The lowest BCUT2D eigenvalue weighted by atomic mass is 9.93. The van der Waals surface area contributed by atoms with Gasteiger partial charge < -0.3 is 10.0 Å². The first kappa shape index (κ1) is 12.4. The third kappa shape index (κ3) is 2.28. The van der Waals surface area contributed by atoms with E-state index in [2.05, 4.69) is 27.2 Å². The molecule has 2 heterocycles. The van der Waals surface area contributed by atoms with E-state index in [1.807, 2.05) is 26.0 Å². The zero-order valence-electron chi connectivity index (χ0n) is 11.4. The molecule has 4 nitrogen and oxygen atoms in total. The van der Waals surface area contributed by atoms with Gasteiger partial charge in [0.05, 0.1) is 11.3 Å². The number of aliphatic hydroxyl groups is 1. The van der Waals surface area contributed by atoms with Gasteiger partial charge in [-0.1, -0.05) is 24.3 Å². The number of hydrogen-bond donors (Lipinski definition) is 1. The summed E-state index contributed by atoms with van der Waals surface area (Å²) in [6.45, 7) is 5.55. The van der Waals surface area contributed by atoms with Gasteiger partial charge in [0, 0.05) is 23.9 Å². The van der Waals surface area contributed by atoms with Gasteiger partial charge in [-0.3, -0.25) is 0 Å². The molecule has 2 aromatic rings. The van der Waals surface area contributed by atoms with E-state index in [0.29, 0.717) is 0 Å². The van der Waals surface area contributed by atoms with Gasteiger partial charge in [0.2, 0.25) is 0 Å². The molecule has 0 bridgehead atoms. The van der Waals surface area contributed by atoms with Gasteiger partial charge in [0.1, 0.15) is 0 Å². The van der Waals surface area contributed by atoms with Crippen LogP contribution in [0.25, 0.3) is 10.8 Å². The minimum atomic E-state index is -0.537. The molecule has 3 rings (SSSR count). The van der Waals surface area contributed by atoms with E-state index in [4.69, 9.17) is 0 Å². The molecule has 0 radical (unpaired) electrons. The lowest BCUT2D eigenvalue weighted by Crippen LogP contribution is -2.43. The highest BCUT2D eigenvalue weighted by atomic mass is 16.3. The Morgan fingerprint density at radius 3 is 2.42 bits per heavy atom. The smallest absolute Gasteiger partial charge is 0.159 e. The van der Waals surface area contributed by atoms with E-state index < -0.39 is 5.60 Å². The molecular formula is C15H19N3O. The van der Waals surface area contributed by atoms with Crippen LogP contribution in [0.2, 0.25) is 0 Å². The van der Waals surface area contributed by atoms with E-state index >= 15 is 0 Å². The fraction of sp³-hybridized carbons (Fsp3) is 0.467. The first-order chi connectivity index (χ1) is 9.07. The predicted octanol–water partition coefficient (Wildman–Crippen LogP) is 2.29. The maximum atomic E-state index is 10.0. The maximum absolute atomic E-state index is 10.0. The van der Waals surface area contributed by atoms with Crippen molar-refractivity contribution in [3.63, 3.8) is 0 Å². The molecule has 1 aromatic carbocycles. The summed E-state index contributed by atoms with van der Waals surface area (Å²) in [5, 5.41) is 21.0. The van der Waals surface area contributed by atoms with Gasteiger partial charge in [-0.05, 0) is 26.7 Å². The molecule has 1 aliphatic heterocycles. The molecule has 1 fully saturated rings. The number of rotatable bonds is 1. The summed E-state index contributed by atoms with van der Waals surface area (Å²) in [5.41, 5.74) is 0.424. The Labute approximate surface area is 113 Å². The van der Waals surface area contributed by atoms with Crippen LogP contribution >= 0.6 is 0 Å². The van der Waals surface area contributed by atoms with Crippen molar-refractivity contribution in [1.82, 2.24) is 10.2 Å². The molecule has 1 aromatic heterocycles. The summed E-state index contributed by atoms with van der Waals surface area (Å²) in [6.07, 6.45) is 1.55. The Kier molecular flexibility index (Phi) is 2.90. The molecule has 0 atom stereocenters. The zero-order valence-corrected chi connectivity index (χ0v) is 11.4. The fourth-order valence-electron chi connectivity index (χ4n) is 2.66. The lowest BCUT2D eigenvalue weighted by molar-refractivity contribution is 0.0350. The van der Waals surface area contributed by atoms with Crippen LogP contribution in [0.3, 0.4) is 0 Å². The second kappa shape index (κ2) is 4.46. The third-order valence-electron chi connectivity index (χ3n) is 3.99. The van der Waals surface area contributed by atoms with E-state index in [0.717, 1.165) is 48.2 Å². The molecule has 0 aliphatic carbocycles. The van der Waals surface area contributed by atoms with E-state index in [9.17, 15) is 5.11 Å². The van der Waals surface area contributed by atoms with Gasteiger partial charge in [0.25, 0.3) is 0 Å². The van der Waals surface area contributed by atoms with Gasteiger partial charge in [-0.25, -0.2) is 0 Å². The number of benzene rings is 1. The van der Waals surface area contributed by atoms with E-state index in [-0.39, 0.29) is 0 Å². The van der Waals surface area contributed by atoms with E-state index in [1.165, 1.54) is 0 Å². The topological polar surface area (TPSA) is 49.2 Å². The Bertz CT molecular complexity index is 599. The molecule has 19 heavy (non-hydrogen) atoms. The number of nitrogens with zero attached hydrogens (tertiary/aromatic N) is 3.